The van der Waals surface area contributed by atoms with E-state index >= 15 is 0 Å². The summed E-state index contributed by atoms with van der Waals surface area (Å²) in [6, 6.07) is 6.18. The van der Waals surface area contributed by atoms with E-state index in [0.29, 0.717) is 0 Å². The highest BCUT2D eigenvalue weighted by Gasteiger charge is 2.21. The second kappa shape index (κ2) is 7.57. The number of rotatable bonds is 7. The number of halogens is 1. The molecule has 2 aromatic rings. The average molecular weight is 307 g/mol. The second-order valence-electron chi connectivity index (χ2n) is 5.25. The summed E-state index contributed by atoms with van der Waals surface area (Å²) in [5, 5.41) is 12.7. The molecule has 1 aromatic carbocycles. The zero-order valence-electron chi connectivity index (χ0n) is 12.9. The molecule has 0 saturated heterocycles. The van der Waals surface area contributed by atoms with Gasteiger partial charge in [-0.2, -0.15) is 0 Å². The average Bonchev–Trinajstić information content (AvgIpc) is 2.92. The molecule has 5 heteroatoms. The molecule has 21 heavy (non-hydrogen) atoms. The number of aryl methyl sites for hydroxylation is 2. The monoisotopic (exact) mass is 306 g/mol. The Kier molecular flexibility index (Phi) is 5.76. The smallest absolute Gasteiger partial charge is 0.0802 e. The van der Waals surface area contributed by atoms with Crippen molar-refractivity contribution in [3.05, 3.63) is 46.2 Å². The third-order valence-electron chi connectivity index (χ3n) is 3.51. The summed E-state index contributed by atoms with van der Waals surface area (Å²) < 4.78 is 1.96. The van der Waals surface area contributed by atoms with Crippen LogP contribution in [0, 0.1) is 6.92 Å². The molecular formula is C16H23ClN4. The minimum atomic E-state index is 0.0268. The van der Waals surface area contributed by atoms with Crippen LogP contribution in [0.15, 0.2) is 24.4 Å². The Balaban J connectivity index is 2.42. The highest BCUT2D eigenvalue weighted by atomic mass is 35.5. The van der Waals surface area contributed by atoms with Gasteiger partial charge in [0.05, 0.1) is 17.9 Å². The van der Waals surface area contributed by atoms with Crippen LogP contribution in [0.25, 0.3) is 0 Å². The summed E-state index contributed by atoms with van der Waals surface area (Å²) in [7, 11) is 0. The third-order valence-corrected chi connectivity index (χ3v) is 4.03. The van der Waals surface area contributed by atoms with Gasteiger partial charge in [-0.1, -0.05) is 48.9 Å². The van der Waals surface area contributed by atoms with Crippen LogP contribution in [0.3, 0.4) is 0 Å². The Morgan fingerprint density at radius 3 is 2.81 bits per heavy atom. The van der Waals surface area contributed by atoms with Gasteiger partial charge in [0.15, 0.2) is 0 Å². The van der Waals surface area contributed by atoms with Crippen LogP contribution in [0.4, 0.5) is 0 Å². The van der Waals surface area contributed by atoms with E-state index in [9.17, 15) is 0 Å². The number of nitrogens with one attached hydrogen (secondary N) is 1. The molecule has 0 amide bonds. The van der Waals surface area contributed by atoms with Crippen LogP contribution < -0.4 is 5.32 Å². The summed E-state index contributed by atoms with van der Waals surface area (Å²) in [5.74, 6) is 0. The minimum absolute atomic E-state index is 0.0268. The first-order valence-corrected chi connectivity index (χ1v) is 7.93. The van der Waals surface area contributed by atoms with E-state index in [1.54, 1.807) is 0 Å². The Morgan fingerprint density at radius 2 is 2.10 bits per heavy atom. The van der Waals surface area contributed by atoms with Crippen LogP contribution in [0.5, 0.6) is 0 Å². The molecule has 1 unspecified atom stereocenters. The standard InChI is InChI=1S/C16H23ClN4/c1-4-9-18-16(13-8-6-7-12(3)15(13)17)14-11-19-20-21(14)10-5-2/h6-8,11,16,18H,4-5,9-10H2,1-3H3. The predicted octanol–water partition coefficient (Wildman–Crippen LogP) is 3.74. The van der Waals surface area contributed by atoms with Crippen molar-refractivity contribution in [1.82, 2.24) is 20.3 Å². The van der Waals surface area contributed by atoms with Gasteiger partial charge in [-0.25, -0.2) is 4.68 Å². The maximum atomic E-state index is 6.52. The summed E-state index contributed by atoms with van der Waals surface area (Å²) in [6.07, 6.45) is 3.93. The molecule has 0 aliphatic carbocycles. The van der Waals surface area contributed by atoms with Gasteiger partial charge in [-0.15, -0.1) is 5.10 Å². The topological polar surface area (TPSA) is 42.7 Å². The summed E-state index contributed by atoms with van der Waals surface area (Å²) >= 11 is 6.52. The zero-order valence-corrected chi connectivity index (χ0v) is 13.7. The van der Waals surface area contributed by atoms with Gasteiger partial charge in [-0.05, 0) is 37.4 Å². The van der Waals surface area contributed by atoms with Crippen LogP contribution in [0.1, 0.15) is 49.6 Å². The summed E-state index contributed by atoms with van der Waals surface area (Å²) in [5.41, 5.74) is 3.24. The first-order chi connectivity index (χ1) is 10.2. The van der Waals surface area contributed by atoms with E-state index in [1.807, 2.05) is 29.9 Å². The molecule has 0 bridgehead atoms. The lowest BCUT2D eigenvalue weighted by molar-refractivity contribution is 0.504. The van der Waals surface area contributed by atoms with E-state index in [-0.39, 0.29) is 6.04 Å². The van der Waals surface area contributed by atoms with Crippen molar-refractivity contribution in [3.8, 4) is 0 Å². The molecule has 114 valence electrons. The normalized spacial score (nSPS) is 12.6. The molecule has 0 aliphatic heterocycles. The molecule has 1 aromatic heterocycles. The molecule has 0 aliphatic rings. The van der Waals surface area contributed by atoms with E-state index in [4.69, 9.17) is 11.6 Å². The van der Waals surface area contributed by atoms with Crippen LogP contribution in [0.2, 0.25) is 5.02 Å². The third kappa shape index (κ3) is 3.63. The van der Waals surface area contributed by atoms with Gasteiger partial charge in [0.2, 0.25) is 0 Å². The molecule has 0 fully saturated rings. The number of aromatic nitrogens is 3. The van der Waals surface area contributed by atoms with Crippen molar-refractivity contribution in [2.45, 2.75) is 46.2 Å². The first kappa shape index (κ1) is 16.0. The largest absolute Gasteiger partial charge is 0.305 e. The van der Waals surface area contributed by atoms with Crippen molar-refractivity contribution >= 4 is 11.6 Å². The number of hydrogen-bond donors (Lipinski definition) is 1. The fraction of sp³-hybridized carbons (Fsp3) is 0.500. The van der Waals surface area contributed by atoms with Gasteiger partial charge in [0.1, 0.15) is 0 Å². The lowest BCUT2D eigenvalue weighted by Crippen LogP contribution is -2.26. The Labute approximate surface area is 131 Å². The van der Waals surface area contributed by atoms with E-state index in [0.717, 1.165) is 47.8 Å². The van der Waals surface area contributed by atoms with Crippen LogP contribution in [-0.4, -0.2) is 21.5 Å². The van der Waals surface area contributed by atoms with Gasteiger partial charge < -0.3 is 5.32 Å². The predicted molar refractivity (Wildman–Crippen MR) is 86.6 cm³/mol. The molecule has 2 rings (SSSR count). The Bertz CT molecular complexity index is 579. The van der Waals surface area contributed by atoms with Gasteiger partial charge >= 0.3 is 0 Å². The van der Waals surface area contributed by atoms with E-state index < -0.39 is 0 Å². The Morgan fingerprint density at radius 1 is 1.29 bits per heavy atom. The maximum Gasteiger partial charge on any atom is 0.0802 e. The second-order valence-corrected chi connectivity index (χ2v) is 5.63. The van der Waals surface area contributed by atoms with Crippen LogP contribution >= 0.6 is 11.6 Å². The molecule has 1 atom stereocenters. The molecular weight excluding hydrogens is 284 g/mol. The van der Waals surface area contributed by atoms with Crippen molar-refractivity contribution in [1.29, 1.82) is 0 Å². The molecule has 0 spiro atoms. The lowest BCUT2D eigenvalue weighted by Gasteiger charge is -2.21. The molecule has 0 radical (unpaired) electrons. The molecule has 0 saturated carbocycles. The minimum Gasteiger partial charge on any atom is -0.305 e. The zero-order chi connectivity index (χ0) is 15.2. The lowest BCUT2D eigenvalue weighted by atomic mass is 10.0. The van der Waals surface area contributed by atoms with Crippen molar-refractivity contribution in [2.75, 3.05) is 6.54 Å². The van der Waals surface area contributed by atoms with E-state index in [1.165, 1.54) is 0 Å². The molecule has 1 N–H and O–H groups in total. The highest BCUT2D eigenvalue weighted by Crippen LogP contribution is 2.30. The summed E-state index contributed by atoms with van der Waals surface area (Å²) in [6.45, 7) is 8.11. The number of hydrogen-bond acceptors (Lipinski definition) is 3. The fourth-order valence-corrected chi connectivity index (χ4v) is 2.67. The SMILES string of the molecule is CCCNC(c1cccc(C)c1Cl)c1cnnn1CCC. The maximum absolute atomic E-state index is 6.52. The van der Waals surface area contributed by atoms with E-state index in [2.05, 4.69) is 35.5 Å². The summed E-state index contributed by atoms with van der Waals surface area (Å²) in [4.78, 5) is 0. The van der Waals surface area contributed by atoms with Gasteiger partial charge in [0, 0.05) is 11.6 Å². The number of nitrogens with zero attached hydrogens (tertiary/aromatic N) is 3. The van der Waals surface area contributed by atoms with Crippen molar-refractivity contribution < 1.29 is 0 Å². The van der Waals surface area contributed by atoms with Crippen molar-refractivity contribution in [3.63, 3.8) is 0 Å². The highest BCUT2D eigenvalue weighted by molar-refractivity contribution is 6.32. The van der Waals surface area contributed by atoms with Crippen molar-refractivity contribution in [2.24, 2.45) is 0 Å². The fourth-order valence-electron chi connectivity index (χ4n) is 2.43. The molecule has 1 heterocycles. The number of benzene rings is 1. The molecule has 4 nitrogen and oxygen atoms in total. The van der Waals surface area contributed by atoms with Gasteiger partial charge in [-0.3, -0.25) is 0 Å². The van der Waals surface area contributed by atoms with Gasteiger partial charge in [0.25, 0.3) is 0 Å². The first-order valence-electron chi connectivity index (χ1n) is 7.55. The Hall–Kier alpha value is -1.39. The quantitative estimate of drug-likeness (QED) is 0.847. The van der Waals surface area contributed by atoms with Crippen LogP contribution in [-0.2, 0) is 6.54 Å².